The van der Waals surface area contributed by atoms with E-state index in [1.165, 1.54) is 24.8 Å². The van der Waals surface area contributed by atoms with Crippen molar-refractivity contribution in [2.45, 2.75) is 38.4 Å². The highest BCUT2D eigenvalue weighted by atomic mass is 16.5. The van der Waals surface area contributed by atoms with Crippen LogP contribution in [0.4, 0.5) is 0 Å². The monoisotopic (exact) mass is 511 g/mol. The third-order valence-electron chi connectivity index (χ3n) is 7.00. The van der Waals surface area contributed by atoms with Gasteiger partial charge in [-0.2, -0.15) is 0 Å². The molecule has 5 rings (SSSR count). The van der Waals surface area contributed by atoms with Gasteiger partial charge in [-0.3, -0.25) is 4.90 Å². The van der Waals surface area contributed by atoms with Gasteiger partial charge in [-0.1, -0.05) is 30.7 Å². The van der Waals surface area contributed by atoms with Crippen LogP contribution in [0.15, 0.2) is 89.7 Å². The lowest BCUT2D eigenvalue weighted by Gasteiger charge is -2.38. The number of hydrogen-bond acceptors (Lipinski definition) is 6. The molecule has 4 aromatic rings. The van der Waals surface area contributed by atoms with Crippen molar-refractivity contribution in [3.63, 3.8) is 0 Å². The molecule has 1 aliphatic heterocycles. The number of hydrogen-bond donors (Lipinski definition) is 1. The number of likely N-dealkylation sites (N-methyl/N-ethyl adjacent to an activating group) is 1. The molecule has 38 heavy (non-hydrogen) atoms. The van der Waals surface area contributed by atoms with Crippen LogP contribution in [-0.4, -0.2) is 52.0 Å². The van der Waals surface area contributed by atoms with Crippen molar-refractivity contribution >= 4 is 5.97 Å². The molecule has 1 aromatic heterocycles. The van der Waals surface area contributed by atoms with Crippen LogP contribution >= 0.6 is 0 Å². The first kappa shape index (κ1) is 25.7. The summed E-state index contributed by atoms with van der Waals surface area (Å²) in [6, 6.07) is 23.7. The Labute approximate surface area is 223 Å². The molecule has 0 saturated carbocycles. The van der Waals surface area contributed by atoms with Crippen molar-refractivity contribution in [2.75, 3.05) is 20.1 Å². The summed E-state index contributed by atoms with van der Waals surface area (Å²) in [5.41, 5.74) is 3.64. The van der Waals surface area contributed by atoms with Crippen LogP contribution in [0.25, 0.3) is 11.5 Å². The second-order valence-corrected chi connectivity index (χ2v) is 9.93. The van der Waals surface area contributed by atoms with Crippen LogP contribution in [0.2, 0.25) is 0 Å². The number of carboxylic acids is 1. The molecule has 0 spiro atoms. The Balaban J connectivity index is 1.15. The van der Waals surface area contributed by atoms with Crippen LogP contribution < -0.4 is 4.74 Å². The molecule has 7 nitrogen and oxygen atoms in total. The SMILES string of the molecule is CN(Cc1ccc(C(=O)O)cc1)C[C@H]1CCCCN1Cc1ccc(Oc2ccc(-c3ncco3)cc2)cc1. The lowest BCUT2D eigenvalue weighted by molar-refractivity contribution is 0.0697. The summed E-state index contributed by atoms with van der Waals surface area (Å²) in [6.07, 6.45) is 6.87. The molecule has 196 valence electrons. The van der Waals surface area contributed by atoms with Gasteiger partial charge in [0, 0.05) is 31.2 Å². The van der Waals surface area contributed by atoms with E-state index in [2.05, 4.69) is 34.0 Å². The topological polar surface area (TPSA) is 79.0 Å². The van der Waals surface area contributed by atoms with Gasteiger partial charge in [0.15, 0.2) is 0 Å². The highest BCUT2D eigenvalue weighted by Crippen LogP contribution is 2.26. The minimum absolute atomic E-state index is 0.326. The zero-order chi connectivity index (χ0) is 26.3. The van der Waals surface area contributed by atoms with E-state index in [1.54, 1.807) is 24.6 Å². The van der Waals surface area contributed by atoms with Gasteiger partial charge in [0.25, 0.3) is 0 Å². The Morgan fingerprint density at radius 3 is 2.34 bits per heavy atom. The molecule has 1 fully saturated rings. The number of piperidine rings is 1. The Kier molecular flexibility index (Phi) is 8.16. The van der Waals surface area contributed by atoms with Gasteiger partial charge in [-0.05, 0) is 86.1 Å². The molecule has 1 atom stereocenters. The van der Waals surface area contributed by atoms with Crippen molar-refractivity contribution in [3.8, 4) is 23.0 Å². The fourth-order valence-corrected chi connectivity index (χ4v) is 5.03. The van der Waals surface area contributed by atoms with Crippen molar-refractivity contribution in [1.82, 2.24) is 14.8 Å². The smallest absolute Gasteiger partial charge is 0.335 e. The van der Waals surface area contributed by atoms with Gasteiger partial charge < -0.3 is 19.2 Å². The van der Waals surface area contributed by atoms with Crippen LogP contribution in [0.3, 0.4) is 0 Å². The van der Waals surface area contributed by atoms with Gasteiger partial charge in [0.1, 0.15) is 17.8 Å². The van der Waals surface area contributed by atoms with E-state index in [-0.39, 0.29) is 0 Å². The molecule has 0 aliphatic carbocycles. The minimum atomic E-state index is -0.889. The van der Waals surface area contributed by atoms with E-state index in [0.29, 0.717) is 17.5 Å². The van der Waals surface area contributed by atoms with E-state index in [0.717, 1.165) is 48.8 Å². The first-order valence-electron chi connectivity index (χ1n) is 13.0. The number of oxazole rings is 1. The zero-order valence-electron chi connectivity index (χ0n) is 21.6. The van der Waals surface area contributed by atoms with E-state index in [4.69, 9.17) is 14.3 Å². The lowest BCUT2D eigenvalue weighted by atomic mass is 10.0. The van der Waals surface area contributed by atoms with Crippen LogP contribution in [0.1, 0.15) is 40.7 Å². The molecule has 1 aliphatic rings. The molecule has 0 amide bonds. The number of aromatic nitrogens is 1. The number of likely N-dealkylation sites (tertiary alicyclic amines) is 1. The standard InChI is InChI=1S/C31H33N3O4/c1-33(20-23-5-9-26(10-6-23)31(35)36)22-27-4-2-3-18-34(27)21-24-7-13-28(14-8-24)38-29-15-11-25(12-16-29)30-32-17-19-37-30/h5-17,19,27H,2-4,18,20-22H2,1H3,(H,35,36)/t27-/m1/s1. The average Bonchev–Trinajstić information content (AvgIpc) is 3.47. The Hall–Kier alpha value is -3.94. The highest BCUT2D eigenvalue weighted by Gasteiger charge is 2.23. The maximum Gasteiger partial charge on any atom is 0.335 e. The van der Waals surface area contributed by atoms with Gasteiger partial charge in [0.05, 0.1) is 11.8 Å². The fraction of sp³-hybridized carbons (Fsp3) is 0.290. The molecule has 0 radical (unpaired) electrons. The van der Waals surface area contributed by atoms with E-state index < -0.39 is 5.97 Å². The summed E-state index contributed by atoms with van der Waals surface area (Å²) < 4.78 is 11.4. The van der Waals surface area contributed by atoms with Crippen LogP contribution in [-0.2, 0) is 13.1 Å². The molecule has 7 heteroatoms. The largest absolute Gasteiger partial charge is 0.478 e. The van der Waals surface area contributed by atoms with Gasteiger partial charge in [-0.15, -0.1) is 0 Å². The summed E-state index contributed by atoms with van der Waals surface area (Å²) in [5.74, 6) is 1.28. The number of benzene rings is 3. The summed E-state index contributed by atoms with van der Waals surface area (Å²) in [5, 5.41) is 9.12. The highest BCUT2D eigenvalue weighted by molar-refractivity contribution is 5.87. The Morgan fingerprint density at radius 1 is 1.00 bits per heavy atom. The fourth-order valence-electron chi connectivity index (χ4n) is 5.03. The second-order valence-electron chi connectivity index (χ2n) is 9.93. The summed E-state index contributed by atoms with van der Waals surface area (Å²) >= 11 is 0. The van der Waals surface area contributed by atoms with Crippen molar-refractivity contribution < 1.29 is 19.1 Å². The molecular formula is C31H33N3O4. The zero-order valence-corrected chi connectivity index (χ0v) is 21.6. The predicted octanol–water partition coefficient (Wildman–Crippen LogP) is 6.32. The molecule has 3 aromatic carbocycles. The van der Waals surface area contributed by atoms with Gasteiger partial charge in [-0.25, -0.2) is 9.78 Å². The number of aromatic carboxylic acids is 1. The molecule has 0 bridgehead atoms. The normalized spacial score (nSPS) is 16.0. The Morgan fingerprint density at radius 2 is 1.68 bits per heavy atom. The lowest BCUT2D eigenvalue weighted by Crippen LogP contribution is -2.45. The average molecular weight is 512 g/mol. The number of carboxylic acid groups (broad SMARTS) is 1. The molecule has 1 saturated heterocycles. The van der Waals surface area contributed by atoms with Crippen molar-refractivity contribution in [3.05, 3.63) is 102 Å². The first-order chi connectivity index (χ1) is 18.5. The van der Waals surface area contributed by atoms with E-state index in [9.17, 15) is 4.79 Å². The molecule has 1 N–H and O–H groups in total. The number of carbonyl (C=O) groups is 1. The van der Waals surface area contributed by atoms with Crippen molar-refractivity contribution in [2.24, 2.45) is 0 Å². The van der Waals surface area contributed by atoms with E-state index in [1.807, 2.05) is 48.5 Å². The van der Waals surface area contributed by atoms with Gasteiger partial charge >= 0.3 is 5.97 Å². The molecule has 0 unspecified atom stereocenters. The maximum absolute atomic E-state index is 11.1. The Bertz CT molecular complexity index is 1300. The molecule has 2 heterocycles. The number of rotatable bonds is 10. The number of ether oxygens (including phenoxy) is 1. The third kappa shape index (κ3) is 6.68. The maximum atomic E-state index is 11.1. The summed E-state index contributed by atoms with van der Waals surface area (Å²) in [7, 11) is 2.14. The summed E-state index contributed by atoms with van der Waals surface area (Å²) in [6.45, 7) is 3.79. The summed E-state index contributed by atoms with van der Waals surface area (Å²) in [4.78, 5) is 20.2. The van der Waals surface area contributed by atoms with Crippen LogP contribution in [0, 0.1) is 0 Å². The molecular weight excluding hydrogens is 478 g/mol. The van der Waals surface area contributed by atoms with Crippen LogP contribution in [0.5, 0.6) is 11.5 Å². The second kappa shape index (κ2) is 12.1. The minimum Gasteiger partial charge on any atom is -0.478 e. The third-order valence-corrected chi connectivity index (χ3v) is 7.00. The van der Waals surface area contributed by atoms with Gasteiger partial charge in [0.2, 0.25) is 5.89 Å². The first-order valence-corrected chi connectivity index (χ1v) is 13.0. The van der Waals surface area contributed by atoms with E-state index >= 15 is 0 Å². The number of nitrogens with zero attached hydrogens (tertiary/aromatic N) is 3. The van der Waals surface area contributed by atoms with Crippen molar-refractivity contribution in [1.29, 1.82) is 0 Å². The quantitative estimate of drug-likeness (QED) is 0.267. The predicted molar refractivity (Wildman–Crippen MR) is 146 cm³/mol.